The molecule has 0 heterocycles. The summed E-state index contributed by atoms with van der Waals surface area (Å²) in [6, 6.07) is 0. The number of nitrogens with one attached hydrogen (secondary N) is 4. The Kier molecular flexibility index (Phi) is 22.7. The molecule has 0 aromatic rings. The van der Waals surface area contributed by atoms with E-state index in [4.69, 9.17) is 11.5 Å². The van der Waals surface area contributed by atoms with Crippen LogP contribution in [0, 0.1) is 23.7 Å². The van der Waals surface area contributed by atoms with Crippen LogP contribution in [0.4, 0.5) is 0 Å². The van der Waals surface area contributed by atoms with Crippen molar-refractivity contribution in [2.75, 3.05) is 52.4 Å². The molecule has 0 aliphatic heterocycles. The van der Waals surface area contributed by atoms with Gasteiger partial charge in [0.15, 0.2) is 0 Å². The van der Waals surface area contributed by atoms with Crippen molar-refractivity contribution in [1.29, 1.82) is 0 Å². The monoisotopic (exact) mass is 562 g/mol. The number of amides is 2. The second-order valence-corrected chi connectivity index (χ2v) is 11.3. The molecule has 8 heteroatoms. The molecule has 0 bridgehead atoms. The van der Waals surface area contributed by atoms with E-state index in [0.717, 1.165) is 32.4 Å². The Labute approximate surface area is 245 Å². The molecule has 4 unspecified atom stereocenters. The number of carbonyl (C=O) groups is 2. The topological polar surface area (TPSA) is 134 Å². The Hall–Kier alpha value is -1.74. The van der Waals surface area contributed by atoms with Gasteiger partial charge in [0.1, 0.15) is 0 Å². The number of allylic oxidation sites excluding steroid dienone is 4. The second kappa shape index (κ2) is 25.0. The summed E-state index contributed by atoms with van der Waals surface area (Å²) >= 11 is 0. The van der Waals surface area contributed by atoms with E-state index in [1.165, 1.54) is 44.9 Å². The summed E-state index contributed by atoms with van der Waals surface area (Å²) < 4.78 is 0. The van der Waals surface area contributed by atoms with Gasteiger partial charge in [-0.05, 0) is 49.4 Å². The lowest BCUT2D eigenvalue weighted by molar-refractivity contribution is -0.125. The molecule has 0 aromatic carbocycles. The zero-order chi connectivity index (χ0) is 29.3. The summed E-state index contributed by atoms with van der Waals surface area (Å²) in [5, 5.41) is 12.6. The Morgan fingerprint density at radius 1 is 0.675 bits per heavy atom. The van der Waals surface area contributed by atoms with Gasteiger partial charge in [-0.15, -0.1) is 0 Å². The van der Waals surface area contributed by atoms with Crippen molar-refractivity contribution >= 4 is 11.8 Å². The van der Waals surface area contributed by atoms with Crippen molar-refractivity contribution in [3.05, 3.63) is 24.3 Å². The van der Waals surface area contributed by atoms with Gasteiger partial charge in [0, 0.05) is 65.2 Å². The van der Waals surface area contributed by atoms with Crippen molar-refractivity contribution < 1.29 is 9.59 Å². The highest BCUT2D eigenvalue weighted by molar-refractivity contribution is 5.78. The van der Waals surface area contributed by atoms with Gasteiger partial charge in [-0.1, -0.05) is 76.7 Å². The van der Waals surface area contributed by atoms with Gasteiger partial charge < -0.3 is 32.7 Å². The van der Waals surface area contributed by atoms with Crippen LogP contribution < -0.4 is 32.7 Å². The number of unbranched alkanes of at least 4 members (excludes halogenated alkanes) is 6. The van der Waals surface area contributed by atoms with Crippen molar-refractivity contribution in [3.8, 4) is 0 Å². The summed E-state index contributed by atoms with van der Waals surface area (Å²) in [6.07, 6.45) is 22.1. The summed E-state index contributed by atoms with van der Waals surface area (Å²) in [6.45, 7) is 9.73. The second-order valence-electron chi connectivity index (χ2n) is 11.3. The lowest BCUT2D eigenvalue weighted by Gasteiger charge is -2.39. The van der Waals surface area contributed by atoms with E-state index >= 15 is 0 Å². The predicted molar refractivity (Wildman–Crippen MR) is 169 cm³/mol. The van der Waals surface area contributed by atoms with Crippen molar-refractivity contribution in [1.82, 2.24) is 21.3 Å². The highest BCUT2D eigenvalue weighted by Gasteiger charge is 2.37. The summed E-state index contributed by atoms with van der Waals surface area (Å²) in [5.41, 5.74) is 11.1. The van der Waals surface area contributed by atoms with Crippen LogP contribution in [0.2, 0.25) is 0 Å². The lowest BCUT2D eigenvalue weighted by Crippen LogP contribution is -2.40. The third-order valence-electron chi connectivity index (χ3n) is 7.93. The van der Waals surface area contributed by atoms with Crippen LogP contribution >= 0.6 is 0 Å². The van der Waals surface area contributed by atoms with Gasteiger partial charge in [0.25, 0.3) is 0 Å². The SMILES string of the molecule is CCCCC/C=C/CC1C(CCCCCC)C=CC(CC(=O)NCCNCCN)C1CC(=O)NCCNCCN. The third-order valence-corrected chi connectivity index (χ3v) is 7.93. The van der Waals surface area contributed by atoms with E-state index in [0.29, 0.717) is 63.9 Å². The smallest absolute Gasteiger partial charge is 0.220 e. The molecule has 0 radical (unpaired) electrons. The van der Waals surface area contributed by atoms with Crippen LogP contribution in [-0.2, 0) is 9.59 Å². The number of carbonyl (C=O) groups excluding carboxylic acids is 2. The quantitative estimate of drug-likeness (QED) is 0.0743. The highest BCUT2D eigenvalue weighted by atomic mass is 16.2. The van der Waals surface area contributed by atoms with Crippen LogP contribution in [-0.4, -0.2) is 64.2 Å². The standard InChI is InChI=1S/C32H62N6O2/c1-3-5-7-9-10-12-14-29-27(13-11-8-6-4-2)15-16-28(25-31(39)37-23-21-35-19-17-33)30(29)26-32(40)38-24-22-36-20-18-34/h10,12,15-16,27-30,35-36H,3-9,11,13-14,17-26,33-34H2,1-2H3,(H,37,39)(H,38,40)/b12-10+. The molecule has 8 N–H and O–H groups in total. The maximum Gasteiger partial charge on any atom is 0.220 e. The molecule has 0 spiro atoms. The Morgan fingerprint density at radius 3 is 1.90 bits per heavy atom. The fourth-order valence-corrected chi connectivity index (χ4v) is 5.69. The Bertz CT molecular complexity index is 699. The minimum atomic E-state index is 0.0517. The van der Waals surface area contributed by atoms with E-state index < -0.39 is 0 Å². The van der Waals surface area contributed by atoms with E-state index in [1.807, 2.05) is 0 Å². The Balaban J connectivity index is 2.97. The van der Waals surface area contributed by atoms with Crippen LogP contribution in [0.1, 0.15) is 90.9 Å². The summed E-state index contributed by atoms with van der Waals surface area (Å²) in [7, 11) is 0. The van der Waals surface area contributed by atoms with E-state index in [-0.39, 0.29) is 23.7 Å². The minimum Gasteiger partial charge on any atom is -0.355 e. The first-order valence-electron chi connectivity index (χ1n) is 16.3. The van der Waals surface area contributed by atoms with Crippen molar-refractivity contribution in [2.24, 2.45) is 35.1 Å². The molecular formula is C32H62N6O2. The van der Waals surface area contributed by atoms with Gasteiger partial charge in [-0.25, -0.2) is 0 Å². The van der Waals surface area contributed by atoms with Gasteiger partial charge in [-0.3, -0.25) is 9.59 Å². The molecule has 2 amide bonds. The molecule has 4 atom stereocenters. The zero-order valence-electron chi connectivity index (χ0n) is 25.7. The molecule has 232 valence electrons. The van der Waals surface area contributed by atoms with Gasteiger partial charge in [0.05, 0.1) is 0 Å². The molecule has 1 aliphatic rings. The van der Waals surface area contributed by atoms with Gasteiger partial charge in [-0.2, -0.15) is 0 Å². The lowest BCUT2D eigenvalue weighted by atomic mass is 9.65. The molecule has 0 saturated heterocycles. The first-order chi connectivity index (χ1) is 19.6. The largest absolute Gasteiger partial charge is 0.355 e. The molecule has 1 rings (SSSR count). The minimum absolute atomic E-state index is 0.0517. The molecule has 0 aromatic heterocycles. The average molecular weight is 563 g/mol. The van der Waals surface area contributed by atoms with E-state index in [9.17, 15) is 9.59 Å². The van der Waals surface area contributed by atoms with Crippen LogP contribution in [0.5, 0.6) is 0 Å². The molecule has 8 nitrogen and oxygen atoms in total. The summed E-state index contributed by atoms with van der Waals surface area (Å²) in [5.74, 6) is 1.13. The predicted octanol–water partition coefficient (Wildman–Crippen LogP) is 3.63. The number of hydrogen-bond donors (Lipinski definition) is 6. The first-order valence-corrected chi connectivity index (χ1v) is 16.3. The van der Waals surface area contributed by atoms with Crippen molar-refractivity contribution in [2.45, 2.75) is 90.9 Å². The van der Waals surface area contributed by atoms with E-state index in [2.05, 4.69) is 59.4 Å². The fraction of sp³-hybridized carbons (Fsp3) is 0.812. The number of rotatable bonds is 25. The van der Waals surface area contributed by atoms with Crippen molar-refractivity contribution in [3.63, 3.8) is 0 Å². The first kappa shape index (κ1) is 36.3. The van der Waals surface area contributed by atoms with Gasteiger partial charge >= 0.3 is 0 Å². The highest BCUT2D eigenvalue weighted by Crippen LogP contribution is 2.42. The Morgan fingerprint density at radius 2 is 1.27 bits per heavy atom. The molecule has 1 aliphatic carbocycles. The summed E-state index contributed by atoms with van der Waals surface area (Å²) in [4.78, 5) is 26.0. The molecule has 0 fully saturated rings. The number of nitrogens with two attached hydrogens (primary N) is 2. The number of hydrogen-bond acceptors (Lipinski definition) is 6. The van der Waals surface area contributed by atoms with E-state index in [1.54, 1.807) is 0 Å². The molecular weight excluding hydrogens is 500 g/mol. The van der Waals surface area contributed by atoms with Crippen LogP contribution in [0.25, 0.3) is 0 Å². The zero-order valence-corrected chi connectivity index (χ0v) is 25.7. The van der Waals surface area contributed by atoms with Gasteiger partial charge in [0.2, 0.25) is 11.8 Å². The van der Waals surface area contributed by atoms with Crippen LogP contribution in [0.15, 0.2) is 24.3 Å². The maximum absolute atomic E-state index is 13.1. The molecule has 40 heavy (non-hydrogen) atoms. The average Bonchev–Trinajstić information content (AvgIpc) is 2.94. The van der Waals surface area contributed by atoms with Crippen LogP contribution in [0.3, 0.4) is 0 Å². The normalized spacial score (nSPS) is 20.7. The fourth-order valence-electron chi connectivity index (χ4n) is 5.69. The third kappa shape index (κ3) is 17.2. The maximum atomic E-state index is 13.1. The molecule has 0 saturated carbocycles.